The minimum absolute atomic E-state index is 0. The SMILES string of the molecule is O=C(CN1CC[n+]2cc(-c3ccccc3)sc21)c1ccccc1.[Br-]. The largest absolute Gasteiger partial charge is 1.00 e. The van der Waals surface area contributed by atoms with Crippen molar-refractivity contribution in [2.24, 2.45) is 0 Å². The van der Waals surface area contributed by atoms with Gasteiger partial charge in [0.2, 0.25) is 5.78 Å². The Morgan fingerprint density at radius 1 is 1.04 bits per heavy atom. The Kier molecular flexibility index (Phi) is 5.11. The predicted molar refractivity (Wildman–Crippen MR) is 92.9 cm³/mol. The molecule has 0 bridgehead atoms. The summed E-state index contributed by atoms with van der Waals surface area (Å²) in [7, 11) is 0. The summed E-state index contributed by atoms with van der Waals surface area (Å²) >= 11 is 1.76. The summed E-state index contributed by atoms with van der Waals surface area (Å²) in [5.74, 6) is 0.175. The average molecular weight is 401 g/mol. The van der Waals surface area contributed by atoms with Crippen LogP contribution in [0.4, 0.5) is 5.13 Å². The first-order valence-electron chi connectivity index (χ1n) is 7.73. The lowest BCUT2D eigenvalue weighted by atomic mass is 10.1. The van der Waals surface area contributed by atoms with Gasteiger partial charge in [0.25, 0.3) is 0 Å². The fourth-order valence-electron chi connectivity index (χ4n) is 2.88. The first-order valence-corrected chi connectivity index (χ1v) is 8.55. The summed E-state index contributed by atoms with van der Waals surface area (Å²) in [5.41, 5.74) is 2.01. The van der Waals surface area contributed by atoms with E-state index < -0.39 is 0 Å². The number of Topliss-reactive ketones (excluding diaryl/α,β-unsaturated/α-hetero) is 1. The van der Waals surface area contributed by atoms with Gasteiger partial charge in [-0.25, -0.2) is 9.47 Å². The number of thiazole rings is 1. The van der Waals surface area contributed by atoms with Crippen LogP contribution in [0, 0.1) is 0 Å². The van der Waals surface area contributed by atoms with Crippen molar-refractivity contribution in [2.75, 3.05) is 18.0 Å². The zero-order valence-corrected chi connectivity index (χ0v) is 15.5. The Morgan fingerprint density at radius 2 is 1.71 bits per heavy atom. The van der Waals surface area contributed by atoms with E-state index >= 15 is 0 Å². The molecule has 0 unspecified atom stereocenters. The van der Waals surface area contributed by atoms with Crippen molar-refractivity contribution in [1.82, 2.24) is 0 Å². The molecule has 24 heavy (non-hydrogen) atoms. The Balaban J connectivity index is 0.00000169. The molecule has 4 rings (SSSR count). The molecular formula is C19H17BrN2OS. The van der Waals surface area contributed by atoms with Gasteiger partial charge in [0.1, 0.15) is 25.8 Å². The van der Waals surface area contributed by atoms with E-state index in [1.165, 1.54) is 15.6 Å². The van der Waals surface area contributed by atoms with E-state index in [-0.39, 0.29) is 22.8 Å². The average Bonchev–Trinajstić information content (AvgIpc) is 3.18. The lowest BCUT2D eigenvalue weighted by Crippen LogP contribution is -3.00. The van der Waals surface area contributed by atoms with E-state index in [4.69, 9.17) is 0 Å². The summed E-state index contributed by atoms with van der Waals surface area (Å²) in [4.78, 5) is 15.9. The van der Waals surface area contributed by atoms with Crippen molar-refractivity contribution in [2.45, 2.75) is 6.54 Å². The van der Waals surface area contributed by atoms with E-state index in [1.807, 2.05) is 36.4 Å². The number of fused-ring (bicyclic) bond motifs is 1. The second-order valence-corrected chi connectivity index (χ2v) is 6.66. The molecule has 0 saturated carbocycles. The summed E-state index contributed by atoms with van der Waals surface area (Å²) in [5, 5.41) is 1.17. The number of carbonyl (C=O) groups is 1. The zero-order chi connectivity index (χ0) is 15.6. The number of anilines is 1. The molecule has 0 fully saturated rings. The highest BCUT2D eigenvalue weighted by Crippen LogP contribution is 2.31. The molecule has 2 aromatic carbocycles. The predicted octanol–water partition coefficient (Wildman–Crippen LogP) is 0.409. The van der Waals surface area contributed by atoms with Crippen molar-refractivity contribution >= 4 is 22.3 Å². The quantitative estimate of drug-likeness (QED) is 0.467. The number of aromatic nitrogens is 1. The molecule has 0 amide bonds. The fraction of sp³-hybridized carbons (Fsp3) is 0.158. The first kappa shape index (κ1) is 16.9. The number of halogens is 1. The maximum absolute atomic E-state index is 12.4. The molecule has 0 saturated heterocycles. The van der Waals surface area contributed by atoms with Gasteiger partial charge in [0, 0.05) is 5.56 Å². The van der Waals surface area contributed by atoms with Gasteiger partial charge in [0.15, 0.2) is 0 Å². The summed E-state index contributed by atoms with van der Waals surface area (Å²) < 4.78 is 2.26. The molecular weight excluding hydrogens is 384 g/mol. The molecule has 1 aromatic heterocycles. The second-order valence-electron chi connectivity index (χ2n) is 5.65. The number of hydrogen-bond acceptors (Lipinski definition) is 3. The number of carbonyl (C=O) groups excluding carboxylic acids is 1. The Morgan fingerprint density at radius 3 is 2.42 bits per heavy atom. The highest BCUT2D eigenvalue weighted by Gasteiger charge is 2.32. The Hall–Kier alpha value is -1.98. The molecule has 1 aliphatic heterocycles. The molecule has 122 valence electrons. The van der Waals surface area contributed by atoms with E-state index in [0.717, 1.165) is 18.7 Å². The second kappa shape index (κ2) is 7.28. The van der Waals surface area contributed by atoms with E-state index in [2.05, 4.69) is 39.9 Å². The summed E-state index contributed by atoms with van der Waals surface area (Å²) in [6.07, 6.45) is 2.20. The van der Waals surface area contributed by atoms with Gasteiger partial charge in [-0.05, 0) is 16.9 Å². The maximum atomic E-state index is 12.4. The molecule has 0 N–H and O–H groups in total. The van der Waals surface area contributed by atoms with E-state index in [9.17, 15) is 4.79 Å². The molecule has 0 spiro atoms. The van der Waals surface area contributed by atoms with Gasteiger partial charge < -0.3 is 17.0 Å². The smallest absolute Gasteiger partial charge is 0.337 e. The van der Waals surface area contributed by atoms with Crippen LogP contribution in [0.5, 0.6) is 0 Å². The van der Waals surface area contributed by atoms with Crippen LogP contribution in [-0.4, -0.2) is 18.9 Å². The third-order valence-electron chi connectivity index (χ3n) is 4.09. The van der Waals surface area contributed by atoms with Gasteiger partial charge in [-0.3, -0.25) is 4.79 Å². The van der Waals surface area contributed by atoms with Gasteiger partial charge in [-0.15, -0.1) is 0 Å². The van der Waals surface area contributed by atoms with Crippen LogP contribution in [0.25, 0.3) is 10.4 Å². The van der Waals surface area contributed by atoms with E-state index in [1.54, 1.807) is 11.3 Å². The van der Waals surface area contributed by atoms with Gasteiger partial charge in [-0.2, -0.15) is 0 Å². The topological polar surface area (TPSA) is 24.2 Å². The van der Waals surface area contributed by atoms with Crippen LogP contribution >= 0.6 is 11.3 Å². The van der Waals surface area contributed by atoms with Crippen LogP contribution in [0.2, 0.25) is 0 Å². The first-order chi connectivity index (χ1) is 11.3. The number of benzene rings is 2. The number of nitrogens with zero attached hydrogens (tertiary/aromatic N) is 2. The Labute approximate surface area is 156 Å². The third-order valence-corrected chi connectivity index (χ3v) is 5.33. The highest BCUT2D eigenvalue weighted by molar-refractivity contribution is 7.18. The van der Waals surface area contributed by atoms with Gasteiger partial charge in [-0.1, -0.05) is 60.7 Å². The molecule has 0 aliphatic carbocycles. The van der Waals surface area contributed by atoms with Gasteiger partial charge in [0.05, 0.1) is 4.88 Å². The minimum atomic E-state index is 0. The van der Waals surface area contributed by atoms with Gasteiger partial charge >= 0.3 is 5.13 Å². The molecule has 5 heteroatoms. The molecule has 2 heterocycles. The number of rotatable bonds is 4. The summed E-state index contributed by atoms with van der Waals surface area (Å²) in [6, 6.07) is 19.9. The zero-order valence-electron chi connectivity index (χ0n) is 13.1. The minimum Gasteiger partial charge on any atom is -1.00 e. The van der Waals surface area contributed by atoms with Crippen molar-refractivity contribution in [3.05, 3.63) is 72.4 Å². The van der Waals surface area contributed by atoms with Crippen LogP contribution in [0.1, 0.15) is 10.4 Å². The van der Waals surface area contributed by atoms with Crippen molar-refractivity contribution in [3.8, 4) is 10.4 Å². The molecule has 0 atom stereocenters. The monoisotopic (exact) mass is 400 g/mol. The number of ketones is 1. The number of hydrogen-bond donors (Lipinski definition) is 0. The van der Waals surface area contributed by atoms with Crippen molar-refractivity contribution in [3.63, 3.8) is 0 Å². The highest BCUT2D eigenvalue weighted by atomic mass is 79.9. The Bertz CT molecular complexity index is 833. The lowest BCUT2D eigenvalue weighted by Gasteiger charge is -2.07. The molecule has 3 aromatic rings. The fourth-order valence-corrected chi connectivity index (χ4v) is 4.06. The van der Waals surface area contributed by atoms with E-state index in [0.29, 0.717) is 6.54 Å². The lowest BCUT2D eigenvalue weighted by molar-refractivity contribution is -0.666. The normalized spacial score (nSPS) is 12.6. The molecule has 0 radical (unpaired) electrons. The van der Waals surface area contributed by atoms with Crippen LogP contribution in [0.3, 0.4) is 0 Å². The molecule has 3 nitrogen and oxygen atoms in total. The van der Waals surface area contributed by atoms with Crippen molar-refractivity contribution < 1.29 is 26.3 Å². The third kappa shape index (κ3) is 3.28. The molecule has 1 aliphatic rings. The van der Waals surface area contributed by atoms with Crippen LogP contribution in [-0.2, 0) is 6.54 Å². The maximum Gasteiger partial charge on any atom is 0.337 e. The van der Waals surface area contributed by atoms with Crippen LogP contribution in [0.15, 0.2) is 66.9 Å². The standard InChI is InChI=1S/C19H17N2OS.BrH/c22-17(15-7-3-1-4-8-15)13-20-11-12-21-14-18(23-19(20)21)16-9-5-2-6-10-16;/h1-10,14H,11-13H2;1H/q+1;/p-1. The van der Waals surface area contributed by atoms with Crippen LogP contribution < -0.4 is 26.4 Å². The summed E-state index contributed by atoms with van der Waals surface area (Å²) in [6.45, 7) is 2.29. The van der Waals surface area contributed by atoms with Crippen molar-refractivity contribution in [1.29, 1.82) is 0 Å².